The number of amides is 2. The van der Waals surface area contributed by atoms with Crippen molar-refractivity contribution in [3.63, 3.8) is 0 Å². The van der Waals surface area contributed by atoms with Gasteiger partial charge in [0.2, 0.25) is 0 Å². The number of aryl methyl sites for hydroxylation is 1. The third-order valence-corrected chi connectivity index (χ3v) is 5.77. The largest absolute Gasteiger partial charge is 0.507 e. The van der Waals surface area contributed by atoms with Crippen LogP contribution >= 0.6 is 0 Å². The molecule has 2 atom stereocenters. The zero-order valence-electron chi connectivity index (χ0n) is 18.2. The molecule has 7 nitrogen and oxygen atoms in total. The highest BCUT2D eigenvalue weighted by molar-refractivity contribution is 6.47. The number of likely N-dealkylation sites (tertiary alicyclic amines) is 1. The summed E-state index contributed by atoms with van der Waals surface area (Å²) in [5.74, 6) is -2.72. The van der Waals surface area contributed by atoms with Gasteiger partial charge in [-0.1, -0.05) is 79.9 Å². The smallest absolute Gasteiger partial charge is 0.296 e. The van der Waals surface area contributed by atoms with Crippen LogP contribution in [0.4, 0.5) is 0 Å². The molecule has 1 aliphatic rings. The molecule has 0 radical (unpaired) electrons. The molecule has 3 N–H and O–H groups in total. The van der Waals surface area contributed by atoms with Gasteiger partial charge in [0.15, 0.2) is 0 Å². The average molecular weight is 437 g/mol. The van der Waals surface area contributed by atoms with Gasteiger partial charge in [-0.2, -0.15) is 0 Å². The number of unbranched alkanes of at least 4 members (excludes halogenated alkanes) is 1. The van der Waals surface area contributed by atoms with E-state index in [9.17, 15) is 24.7 Å². The Balaban J connectivity index is 2.13. The minimum absolute atomic E-state index is 0.0325. The van der Waals surface area contributed by atoms with Crippen LogP contribution in [0.1, 0.15) is 42.9 Å². The van der Waals surface area contributed by atoms with Crippen molar-refractivity contribution in [1.29, 1.82) is 0 Å². The second-order valence-corrected chi connectivity index (χ2v) is 8.01. The minimum Gasteiger partial charge on any atom is -0.507 e. The fourth-order valence-electron chi connectivity index (χ4n) is 4.06. The summed E-state index contributed by atoms with van der Waals surface area (Å²) < 4.78 is 0. The Morgan fingerprint density at radius 1 is 1.09 bits per heavy atom. The molecule has 1 saturated heterocycles. The Kier molecular flexibility index (Phi) is 7.43. The van der Waals surface area contributed by atoms with Crippen molar-refractivity contribution in [2.75, 3.05) is 0 Å². The predicted molar refractivity (Wildman–Crippen MR) is 120 cm³/mol. The minimum atomic E-state index is -1.03. The zero-order valence-corrected chi connectivity index (χ0v) is 18.2. The topological polar surface area (TPSA) is 107 Å². The van der Waals surface area contributed by atoms with Crippen LogP contribution in [0.3, 0.4) is 0 Å². The molecule has 0 aromatic heterocycles. The van der Waals surface area contributed by atoms with Crippen LogP contribution in [0.15, 0.2) is 60.2 Å². The quantitative estimate of drug-likeness (QED) is 0.193. The SMILES string of the molecule is CCCCC(C(=O)NO)N1C(=O)C(=O)C(=C(O)c2ccc(C)cc2)C1Cc1ccccc1. The highest BCUT2D eigenvalue weighted by atomic mass is 16.5. The van der Waals surface area contributed by atoms with Crippen LogP contribution in [-0.4, -0.2) is 44.9 Å². The Morgan fingerprint density at radius 3 is 2.34 bits per heavy atom. The molecule has 1 aliphatic heterocycles. The molecule has 0 spiro atoms. The van der Waals surface area contributed by atoms with Crippen molar-refractivity contribution < 1.29 is 24.7 Å². The van der Waals surface area contributed by atoms with Crippen molar-refractivity contribution in [2.45, 2.75) is 51.6 Å². The normalized spacial score (nSPS) is 18.6. The third-order valence-electron chi connectivity index (χ3n) is 5.77. The van der Waals surface area contributed by atoms with Gasteiger partial charge in [-0.3, -0.25) is 19.6 Å². The average Bonchev–Trinajstić information content (AvgIpc) is 3.04. The first-order valence-corrected chi connectivity index (χ1v) is 10.7. The van der Waals surface area contributed by atoms with Crippen LogP contribution in [0.2, 0.25) is 0 Å². The second kappa shape index (κ2) is 10.2. The summed E-state index contributed by atoms with van der Waals surface area (Å²) >= 11 is 0. The Hall–Kier alpha value is -3.45. The second-order valence-electron chi connectivity index (χ2n) is 8.01. The van der Waals surface area contributed by atoms with E-state index in [1.807, 2.05) is 44.2 Å². The first-order valence-electron chi connectivity index (χ1n) is 10.7. The molecule has 0 saturated carbocycles. The summed E-state index contributed by atoms with van der Waals surface area (Å²) in [5, 5.41) is 20.3. The van der Waals surface area contributed by atoms with Crippen LogP contribution < -0.4 is 5.48 Å². The lowest BCUT2D eigenvalue weighted by atomic mass is 9.94. The molecule has 168 valence electrons. The van der Waals surface area contributed by atoms with Crippen LogP contribution in [0.5, 0.6) is 0 Å². The van der Waals surface area contributed by atoms with E-state index < -0.39 is 29.7 Å². The Bertz CT molecular complexity index is 1010. The molecule has 3 rings (SSSR count). The summed E-state index contributed by atoms with van der Waals surface area (Å²) in [6, 6.07) is 14.4. The number of ketones is 1. The maximum atomic E-state index is 13.1. The van der Waals surface area contributed by atoms with E-state index in [1.54, 1.807) is 29.7 Å². The highest BCUT2D eigenvalue weighted by Crippen LogP contribution is 2.33. The van der Waals surface area contributed by atoms with Crippen LogP contribution in [-0.2, 0) is 20.8 Å². The number of hydrogen-bond acceptors (Lipinski definition) is 5. The van der Waals surface area contributed by atoms with Gasteiger partial charge in [-0.05, 0) is 25.3 Å². The lowest BCUT2D eigenvalue weighted by Gasteiger charge is -2.31. The molecule has 0 aliphatic carbocycles. The van der Waals surface area contributed by atoms with Gasteiger partial charge < -0.3 is 10.0 Å². The van der Waals surface area contributed by atoms with Crippen molar-refractivity contribution in [3.05, 3.63) is 76.9 Å². The fourth-order valence-corrected chi connectivity index (χ4v) is 4.06. The van der Waals surface area contributed by atoms with Gasteiger partial charge >= 0.3 is 0 Å². The zero-order chi connectivity index (χ0) is 23.3. The summed E-state index contributed by atoms with van der Waals surface area (Å²) in [6.45, 7) is 3.85. The first-order chi connectivity index (χ1) is 15.4. The third kappa shape index (κ3) is 4.73. The number of nitrogens with zero attached hydrogens (tertiary/aromatic N) is 1. The van der Waals surface area contributed by atoms with Gasteiger partial charge in [0.05, 0.1) is 11.6 Å². The van der Waals surface area contributed by atoms with E-state index >= 15 is 0 Å². The molecule has 0 bridgehead atoms. The molecule has 2 unspecified atom stereocenters. The maximum absolute atomic E-state index is 13.1. The first kappa shape index (κ1) is 23.2. The molecule has 1 fully saturated rings. The number of nitrogens with one attached hydrogen (secondary N) is 1. The van der Waals surface area contributed by atoms with Crippen molar-refractivity contribution in [1.82, 2.24) is 10.4 Å². The predicted octanol–water partition coefficient (Wildman–Crippen LogP) is 3.35. The maximum Gasteiger partial charge on any atom is 0.296 e. The molecule has 2 aromatic carbocycles. The Labute approximate surface area is 187 Å². The number of carbonyl (C=O) groups excluding carboxylic acids is 3. The number of Topliss-reactive ketones (excluding diaryl/α,β-unsaturated/α-hetero) is 1. The highest BCUT2D eigenvalue weighted by Gasteiger charge is 2.49. The number of hydrogen-bond donors (Lipinski definition) is 3. The van der Waals surface area contributed by atoms with E-state index in [2.05, 4.69) is 0 Å². The summed E-state index contributed by atoms with van der Waals surface area (Å²) in [6.07, 6.45) is 1.92. The Morgan fingerprint density at radius 2 is 1.75 bits per heavy atom. The molecule has 32 heavy (non-hydrogen) atoms. The van der Waals surface area contributed by atoms with Gasteiger partial charge in [-0.15, -0.1) is 0 Å². The summed E-state index contributed by atoms with van der Waals surface area (Å²) in [7, 11) is 0. The number of benzene rings is 2. The molecule has 7 heteroatoms. The summed E-state index contributed by atoms with van der Waals surface area (Å²) in [4.78, 5) is 39.9. The molecular formula is C25H28N2O5. The molecule has 2 aromatic rings. The number of aliphatic hydroxyl groups excluding tert-OH is 1. The van der Waals surface area contributed by atoms with Gasteiger partial charge in [0, 0.05) is 5.56 Å². The summed E-state index contributed by atoms with van der Waals surface area (Å²) in [5.41, 5.74) is 3.85. The number of hydroxylamine groups is 1. The van der Waals surface area contributed by atoms with E-state index in [4.69, 9.17) is 0 Å². The van der Waals surface area contributed by atoms with Gasteiger partial charge in [-0.25, -0.2) is 5.48 Å². The fraction of sp³-hybridized carbons (Fsp3) is 0.320. The lowest BCUT2D eigenvalue weighted by Crippen LogP contribution is -2.51. The van der Waals surface area contributed by atoms with Crippen molar-refractivity contribution >= 4 is 23.4 Å². The van der Waals surface area contributed by atoms with Crippen LogP contribution in [0.25, 0.3) is 5.76 Å². The standard InChI is InChI=1S/C25H28N2O5/c1-3-4-10-19(24(30)26-32)27-20(15-17-8-6-5-7-9-17)21(23(29)25(27)31)22(28)18-13-11-16(2)12-14-18/h5-9,11-14,19-20,28,32H,3-4,10,15H2,1-2H3,(H,26,30). The van der Waals surface area contributed by atoms with E-state index in [0.717, 1.165) is 17.5 Å². The van der Waals surface area contributed by atoms with Crippen LogP contribution in [0, 0.1) is 6.92 Å². The number of aliphatic hydroxyl groups is 1. The lowest BCUT2D eigenvalue weighted by molar-refractivity contribution is -0.147. The van der Waals surface area contributed by atoms with E-state index in [-0.39, 0.29) is 24.2 Å². The number of carbonyl (C=O) groups is 3. The van der Waals surface area contributed by atoms with Crippen molar-refractivity contribution in [3.8, 4) is 0 Å². The van der Waals surface area contributed by atoms with E-state index in [0.29, 0.717) is 12.0 Å². The monoisotopic (exact) mass is 436 g/mol. The number of rotatable bonds is 8. The molecule has 2 amide bonds. The molecular weight excluding hydrogens is 408 g/mol. The van der Waals surface area contributed by atoms with Gasteiger partial charge in [0.1, 0.15) is 11.8 Å². The molecule has 1 heterocycles. The van der Waals surface area contributed by atoms with Gasteiger partial charge in [0.25, 0.3) is 17.6 Å². The van der Waals surface area contributed by atoms with Crippen molar-refractivity contribution in [2.24, 2.45) is 0 Å². The van der Waals surface area contributed by atoms with E-state index in [1.165, 1.54) is 4.90 Å².